The van der Waals surface area contributed by atoms with Gasteiger partial charge < -0.3 is 22.1 Å². The molecule has 3 rings (SSSR count). The Morgan fingerprint density at radius 2 is 2.00 bits per heavy atom. The third kappa shape index (κ3) is 4.58. The molecule has 0 spiro atoms. The number of aromatic amines is 1. The van der Waals surface area contributed by atoms with Crippen LogP contribution in [0.15, 0.2) is 41.5 Å². The Hall–Kier alpha value is -3.73. The molecule has 7 N–H and O–H groups in total. The number of H-pyrrole nitrogens is 1. The van der Waals surface area contributed by atoms with Gasteiger partial charge >= 0.3 is 0 Å². The first-order valence-electron chi connectivity index (χ1n) is 9.03. The van der Waals surface area contributed by atoms with Crippen LogP contribution < -0.4 is 27.7 Å². The molecule has 0 bridgehead atoms. The van der Waals surface area contributed by atoms with Gasteiger partial charge in [0.05, 0.1) is 18.1 Å². The average Bonchev–Trinajstić information content (AvgIpc) is 3.20. The molecule has 2 aromatic heterocycles. The number of hydrogen-bond donors (Lipinski definition) is 5. The molecule has 0 fully saturated rings. The monoisotopic (exact) mass is 397 g/mol. The highest BCUT2D eigenvalue weighted by atomic mass is 16.2. The quantitative estimate of drug-likeness (QED) is 0.368. The summed E-state index contributed by atoms with van der Waals surface area (Å²) >= 11 is 0. The third-order valence-electron chi connectivity index (χ3n) is 4.31. The Labute approximate surface area is 166 Å². The number of carbonyl (C=O) groups is 1. The summed E-state index contributed by atoms with van der Waals surface area (Å²) in [5.41, 5.74) is 11.5. The highest BCUT2D eigenvalue weighted by Crippen LogP contribution is 2.20. The molecule has 29 heavy (non-hydrogen) atoms. The number of nitrogens with zero attached hydrogens (tertiary/aromatic N) is 4. The fourth-order valence-corrected chi connectivity index (χ4v) is 2.73. The highest BCUT2D eigenvalue weighted by Gasteiger charge is 2.19. The van der Waals surface area contributed by atoms with Crippen LogP contribution >= 0.6 is 0 Å². The van der Waals surface area contributed by atoms with Crippen LogP contribution in [0.3, 0.4) is 0 Å². The maximum atomic E-state index is 12.5. The van der Waals surface area contributed by atoms with Gasteiger partial charge in [-0.3, -0.25) is 14.6 Å². The van der Waals surface area contributed by atoms with Gasteiger partial charge in [0.2, 0.25) is 5.95 Å². The first-order chi connectivity index (χ1) is 13.9. The van der Waals surface area contributed by atoms with Crippen LogP contribution in [0.4, 0.5) is 17.5 Å². The molecule has 11 nitrogen and oxygen atoms in total. The van der Waals surface area contributed by atoms with Crippen molar-refractivity contribution in [2.75, 3.05) is 17.2 Å². The normalized spacial score (nSPS) is 12.0. The molecular weight excluding hydrogens is 374 g/mol. The molecule has 1 amide bonds. The molecule has 0 aliphatic rings. The molecule has 1 atom stereocenters. The summed E-state index contributed by atoms with van der Waals surface area (Å²) in [5.74, 6) is -0.460. The Balaban J connectivity index is 1.98. The Bertz CT molecular complexity index is 1040. The topological polar surface area (TPSA) is 170 Å². The van der Waals surface area contributed by atoms with Gasteiger partial charge in [0.15, 0.2) is 5.82 Å². The fraction of sp³-hybridized carbons (Fsp3) is 0.278. The Kier molecular flexibility index (Phi) is 5.88. The number of aromatic nitrogens is 5. The van der Waals surface area contributed by atoms with Crippen molar-refractivity contribution in [3.8, 4) is 5.69 Å². The zero-order valence-electron chi connectivity index (χ0n) is 16.1. The minimum absolute atomic E-state index is 0.0360. The van der Waals surface area contributed by atoms with Gasteiger partial charge in [0.1, 0.15) is 5.56 Å². The smallest absolute Gasteiger partial charge is 0.267 e. The van der Waals surface area contributed by atoms with E-state index in [-0.39, 0.29) is 29.3 Å². The number of primary amides is 1. The van der Waals surface area contributed by atoms with E-state index in [9.17, 15) is 9.59 Å². The summed E-state index contributed by atoms with van der Waals surface area (Å²) in [6, 6.07) is 6.98. The maximum Gasteiger partial charge on any atom is 0.267 e. The van der Waals surface area contributed by atoms with E-state index >= 15 is 0 Å². The minimum atomic E-state index is -0.892. The van der Waals surface area contributed by atoms with Gasteiger partial charge in [-0.1, -0.05) is 19.9 Å². The van der Waals surface area contributed by atoms with Crippen LogP contribution in [0.1, 0.15) is 24.2 Å². The summed E-state index contributed by atoms with van der Waals surface area (Å²) in [4.78, 5) is 32.6. The van der Waals surface area contributed by atoms with Gasteiger partial charge in [-0.15, -0.1) is 0 Å². The molecule has 2 heterocycles. The lowest BCUT2D eigenvalue weighted by molar-refractivity contribution is 0.0999. The van der Waals surface area contributed by atoms with Gasteiger partial charge in [0, 0.05) is 18.3 Å². The average molecular weight is 397 g/mol. The lowest BCUT2D eigenvalue weighted by Gasteiger charge is -2.21. The van der Waals surface area contributed by atoms with E-state index in [4.69, 9.17) is 11.5 Å². The number of rotatable bonds is 8. The molecule has 1 unspecified atom stereocenters. The Morgan fingerprint density at radius 1 is 1.28 bits per heavy atom. The number of benzene rings is 1. The number of anilines is 3. The lowest BCUT2D eigenvalue weighted by atomic mass is 10.1. The molecule has 152 valence electrons. The van der Waals surface area contributed by atoms with Gasteiger partial charge in [-0.2, -0.15) is 20.0 Å². The van der Waals surface area contributed by atoms with Crippen LogP contribution in [-0.2, 0) is 0 Å². The molecule has 0 aliphatic heterocycles. The third-order valence-corrected chi connectivity index (χ3v) is 4.31. The summed E-state index contributed by atoms with van der Waals surface area (Å²) in [6.45, 7) is 4.34. The van der Waals surface area contributed by atoms with E-state index < -0.39 is 11.5 Å². The van der Waals surface area contributed by atoms with Gasteiger partial charge in [-0.25, -0.2) is 0 Å². The predicted molar refractivity (Wildman–Crippen MR) is 109 cm³/mol. The van der Waals surface area contributed by atoms with Crippen LogP contribution in [0, 0.1) is 5.92 Å². The SMILES string of the molecule is CC(C)C(CN)Nc1nc(Nc2cccc(-n3nccn3)c2)c(C(N)=O)c(=O)[nH]1. The van der Waals surface area contributed by atoms with Crippen molar-refractivity contribution in [2.45, 2.75) is 19.9 Å². The van der Waals surface area contributed by atoms with Gasteiger partial charge in [-0.05, 0) is 24.1 Å². The zero-order chi connectivity index (χ0) is 21.0. The first-order valence-corrected chi connectivity index (χ1v) is 9.03. The van der Waals surface area contributed by atoms with Crippen LogP contribution in [0.25, 0.3) is 5.69 Å². The first kappa shape index (κ1) is 20.0. The van der Waals surface area contributed by atoms with Crippen molar-refractivity contribution < 1.29 is 4.79 Å². The van der Waals surface area contributed by atoms with Crippen molar-refractivity contribution >= 4 is 23.4 Å². The van der Waals surface area contributed by atoms with E-state index in [0.717, 1.165) is 0 Å². The molecular formula is C18H23N9O2. The van der Waals surface area contributed by atoms with E-state index in [1.807, 2.05) is 19.9 Å². The molecule has 0 saturated carbocycles. The number of hydrogen-bond acceptors (Lipinski definition) is 8. The summed E-state index contributed by atoms with van der Waals surface area (Å²) in [5, 5.41) is 14.2. The van der Waals surface area contributed by atoms with Crippen molar-refractivity contribution in [1.29, 1.82) is 0 Å². The predicted octanol–water partition coefficient (Wildman–Crippen LogP) is 0.588. The fourth-order valence-electron chi connectivity index (χ4n) is 2.73. The lowest BCUT2D eigenvalue weighted by Crippen LogP contribution is -2.36. The summed E-state index contributed by atoms with van der Waals surface area (Å²) < 4.78 is 0. The van der Waals surface area contributed by atoms with Crippen molar-refractivity contribution in [1.82, 2.24) is 25.0 Å². The molecule has 0 saturated heterocycles. The summed E-state index contributed by atoms with van der Waals surface area (Å²) in [7, 11) is 0. The second kappa shape index (κ2) is 8.52. The van der Waals surface area contributed by atoms with E-state index in [1.54, 1.807) is 30.6 Å². The molecule has 1 aromatic carbocycles. The molecule has 0 radical (unpaired) electrons. The summed E-state index contributed by atoms with van der Waals surface area (Å²) in [6.07, 6.45) is 3.12. The zero-order valence-corrected chi connectivity index (χ0v) is 16.1. The minimum Gasteiger partial charge on any atom is -0.365 e. The van der Waals surface area contributed by atoms with Crippen LogP contribution in [0.2, 0.25) is 0 Å². The number of carbonyl (C=O) groups excluding carboxylic acids is 1. The number of amides is 1. The molecule has 3 aromatic rings. The van der Waals surface area contributed by atoms with Crippen molar-refractivity contribution in [3.63, 3.8) is 0 Å². The maximum absolute atomic E-state index is 12.5. The second-order valence-electron chi connectivity index (χ2n) is 6.73. The number of nitrogens with one attached hydrogen (secondary N) is 3. The standard InChI is InChI=1S/C18H23N9O2/c1-10(2)13(9-19)24-18-25-16(14(15(20)28)17(29)26-18)23-11-4-3-5-12(8-11)27-21-6-7-22-27/h3-8,10,13H,9,19H2,1-2H3,(H2,20,28)(H3,23,24,25,26,29). The van der Waals surface area contributed by atoms with Crippen molar-refractivity contribution in [3.05, 3.63) is 52.6 Å². The second-order valence-corrected chi connectivity index (χ2v) is 6.73. The van der Waals surface area contributed by atoms with Crippen LogP contribution in [0.5, 0.6) is 0 Å². The van der Waals surface area contributed by atoms with Crippen LogP contribution in [-0.4, -0.2) is 43.5 Å². The molecule has 0 aliphatic carbocycles. The highest BCUT2D eigenvalue weighted by molar-refractivity contribution is 5.98. The van der Waals surface area contributed by atoms with E-state index in [1.165, 1.54) is 4.80 Å². The number of nitrogens with two attached hydrogens (primary N) is 2. The van der Waals surface area contributed by atoms with E-state index in [2.05, 4.69) is 30.8 Å². The van der Waals surface area contributed by atoms with E-state index in [0.29, 0.717) is 17.9 Å². The molecule has 11 heteroatoms. The largest absolute Gasteiger partial charge is 0.365 e. The Morgan fingerprint density at radius 3 is 2.62 bits per heavy atom. The van der Waals surface area contributed by atoms with Gasteiger partial charge in [0.25, 0.3) is 11.5 Å². The van der Waals surface area contributed by atoms with Crippen molar-refractivity contribution in [2.24, 2.45) is 17.4 Å².